The third kappa shape index (κ3) is 3.46. The number of aliphatic hydroxyl groups is 2. The Balaban J connectivity index is 1.64. The Morgan fingerprint density at radius 2 is 1.97 bits per heavy atom. The van der Waals surface area contributed by atoms with Crippen molar-refractivity contribution in [1.29, 1.82) is 0 Å². The molecule has 0 amide bonds. The third-order valence-corrected chi connectivity index (χ3v) is 6.41. The lowest BCUT2D eigenvalue weighted by Crippen LogP contribution is -2.38. The van der Waals surface area contributed by atoms with Gasteiger partial charge >= 0.3 is 12.5 Å². The summed E-state index contributed by atoms with van der Waals surface area (Å²) >= 11 is 0. The SMILES string of the molecule is OC(O)Oc1nc2c3c(nc(-c4cncc5ccccc45)c(F)c3n1)OCC1CCCCCN21. The average molecular weight is 463 g/mol. The van der Waals surface area contributed by atoms with E-state index >= 15 is 4.39 Å². The maximum absolute atomic E-state index is 16.1. The molecule has 10 heteroatoms. The largest absolute Gasteiger partial charge is 0.475 e. The van der Waals surface area contributed by atoms with E-state index in [1.54, 1.807) is 12.4 Å². The summed E-state index contributed by atoms with van der Waals surface area (Å²) in [7, 11) is 0. The number of rotatable bonds is 3. The molecule has 4 aromatic rings. The normalized spacial score (nSPS) is 17.9. The molecule has 174 valence electrons. The highest BCUT2D eigenvalue weighted by atomic mass is 19.1. The Morgan fingerprint density at radius 1 is 1.09 bits per heavy atom. The second kappa shape index (κ2) is 8.30. The number of benzene rings is 1. The zero-order valence-corrected chi connectivity index (χ0v) is 18.2. The number of aliphatic hydroxyl groups excluding tert-OH is 1. The fourth-order valence-electron chi connectivity index (χ4n) is 4.85. The quantitative estimate of drug-likeness (QED) is 0.442. The molecule has 1 unspecified atom stereocenters. The predicted octanol–water partition coefficient (Wildman–Crippen LogP) is 3.17. The molecule has 0 radical (unpaired) electrons. The van der Waals surface area contributed by atoms with E-state index in [-0.39, 0.29) is 29.1 Å². The highest BCUT2D eigenvalue weighted by molar-refractivity contribution is 6.00. The predicted molar refractivity (Wildman–Crippen MR) is 122 cm³/mol. The molecule has 0 saturated carbocycles. The molecule has 0 spiro atoms. The summed E-state index contributed by atoms with van der Waals surface area (Å²) in [6.07, 6.45) is 7.23. The van der Waals surface area contributed by atoms with Crippen LogP contribution in [-0.2, 0) is 0 Å². The second-order valence-corrected chi connectivity index (χ2v) is 8.49. The summed E-state index contributed by atoms with van der Waals surface area (Å²) in [6, 6.07) is 7.21. The second-order valence-electron chi connectivity index (χ2n) is 8.49. The van der Waals surface area contributed by atoms with Gasteiger partial charge in [0.2, 0.25) is 5.88 Å². The van der Waals surface area contributed by atoms with E-state index in [0.29, 0.717) is 29.9 Å². The minimum absolute atomic E-state index is 0.0208. The molecule has 2 N–H and O–H groups in total. The maximum atomic E-state index is 16.1. The van der Waals surface area contributed by atoms with Crippen LogP contribution in [0.2, 0.25) is 0 Å². The lowest BCUT2D eigenvalue weighted by atomic mass is 10.0. The van der Waals surface area contributed by atoms with Gasteiger partial charge in [0.25, 0.3) is 0 Å². The van der Waals surface area contributed by atoms with E-state index in [4.69, 9.17) is 9.47 Å². The van der Waals surface area contributed by atoms with Crippen molar-refractivity contribution in [3.05, 3.63) is 42.5 Å². The number of pyridine rings is 2. The maximum Gasteiger partial charge on any atom is 0.323 e. The lowest BCUT2D eigenvalue weighted by Gasteiger charge is -2.29. The highest BCUT2D eigenvalue weighted by Crippen LogP contribution is 2.42. The first kappa shape index (κ1) is 20.9. The van der Waals surface area contributed by atoms with Gasteiger partial charge in [0.05, 0.1) is 6.04 Å². The summed E-state index contributed by atoms with van der Waals surface area (Å²) in [4.78, 5) is 19.6. The van der Waals surface area contributed by atoms with Crippen LogP contribution in [0.3, 0.4) is 0 Å². The van der Waals surface area contributed by atoms with Crippen LogP contribution in [-0.4, -0.2) is 55.8 Å². The van der Waals surface area contributed by atoms with E-state index in [1.165, 1.54) is 0 Å². The molecule has 0 aliphatic carbocycles. The van der Waals surface area contributed by atoms with Gasteiger partial charge in [-0.15, -0.1) is 0 Å². The first-order chi connectivity index (χ1) is 16.6. The van der Waals surface area contributed by atoms with Crippen molar-refractivity contribution < 1.29 is 24.1 Å². The fraction of sp³-hybridized carbons (Fsp3) is 0.333. The first-order valence-corrected chi connectivity index (χ1v) is 11.3. The van der Waals surface area contributed by atoms with Crippen LogP contribution in [0.15, 0.2) is 36.7 Å². The molecule has 9 nitrogen and oxygen atoms in total. The Morgan fingerprint density at radius 3 is 2.85 bits per heavy atom. The van der Waals surface area contributed by atoms with Crippen LogP contribution in [0, 0.1) is 5.82 Å². The number of hydrogen-bond acceptors (Lipinski definition) is 9. The third-order valence-electron chi connectivity index (χ3n) is 6.41. The summed E-state index contributed by atoms with van der Waals surface area (Å²) in [5.74, 6) is -0.0257. The van der Waals surface area contributed by atoms with Gasteiger partial charge in [0, 0.05) is 29.9 Å². The van der Waals surface area contributed by atoms with Gasteiger partial charge in [-0.05, 0) is 18.2 Å². The molecule has 3 aromatic heterocycles. The molecular weight excluding hydrogens is 441 g/mol. The lowest BCUT2D eigenvalue weighted by molar-refractivity contribution is -0.183. The van der Waals surface area contributed by atoms with Crippen LogP contribution in [0.1, 0.15) is 25.7 Å². The van der Waals surface area contributed by atoms with E-state index in [1.807, 2.05) is 24.3 Å². The van der Waals surface area contributed by atoms with Crippen LogP contribution in [0.5, 0.6) is 11.9 Å². The van der Waals surface area contributed by atoms with Crippen molar-refractivity contribution in [2.24, 2.45) is 0 Å². The average Bonchev–Trinajstić information content (AvgIpc) is 3.15. The minimum Gasteiger partial charge on any atom is -0.475 e. The Bertz CT molecular complexity index is 1390. The number of halogens is 1. The molecule has 1 atom stereocenters. The first-order valence-electron chi connectivity index (χ1n) is 11.3. The van der Waals surface area contributed by atoms with Crippen molar-refractivity contribution in [1.82, 2.24) is 19.9 Å². The number of hydrogen-bond donors (Lipinski definition) is 2. The van der Waals surface area contributed by atoms with E-state index in [0.717, 1.165) is 36.5 Å². The van der Waals surface area contributed by atoms with Crippen molar-refractivity contribution in [3.63, 3.8) is 0 Å². The Kier molecular flexibility index (Phi) is 5.11. The van der Waals surface area contributed by atoms with Crippen molar-refractivity contribution >= 4 is 27.5 Å². The molecule has 1 aromatic carbocycles. The highest BCUT2D eigenvalue weighted by Gasteiger charge is 2.33. The zero-order chi connectivity index (χ0) is 23.2. The van der Waals surface area contributed by atoms with E-state index in [9.17, 15) is 10.2 Å². The molecule has 34 heavy (non-hydrogen) atoms. The molecule has 5 heterocycles. The van der Waals surface area contributed by atoms with Gasteiger partial charge in [-0.1, -0.05) is 37.1 Å². The van der Waals surface area contributed by atoms with Crippen molar-refractivity contribution in [2.45, 2.75) is 38.2 Å². The summed E-state index contributed by atoms with van der Waals surface area (Å²) in [6.45, 7) is -1.06. The molecule has 2 aliphatic heterocycles. The van der Waals surface area contributed by atoms with Gasteiger partial charge in [0.15, 0.2) is 5.82 Å². The Hall–Kier alpha value is -3.63. The summed E-state index contributed by atoms with van der Waals surface area (Å²) in [5, 5.41) is 20.7. The molecule has 1 fully saturated rings. The van der Waals surface area contributed by atoms with Crippen LogP contribution >= 0.6 is 0 Å². The number of nitrogens with zero attached hydrogens (tertiary/aromatic N) is 5. The fourth-order valence-corrected chi connectivity index (χ4v) is 4.85. The van der Waals surface area contributed by atoms with Gasteiger partial charge in [-0.25, -0.2) is 9.37 Å². The smallest absolute Gasteiger partial charge is 0.323 e. The summed E-state index contributed by atoms with van der Waals surface area (Å²) in [5.41, 5.74) is 0.489. The van der Waals surface area contributed by atoms with Gasteiger partial charge in [-0.2, -0.15) is 9.97 Å². The molecule has 1 saturated heterocycles. The van der Waals surface area contributed by atoms with Crippen LogP contribution in [0.25, 0.3) is 32.9 Å². The molecule has 2 aliphatic rings. The van der Waals surface area contributed by atoms with E-state index in [2.05, 4.69) is 24.8 Å². The minimum atomic E-state index is -2.14. The standard InChI is InChI=1S/C24H22FN5O4/c25-18-19(16-11-26-10-13-6-3-4-8-15(13)16)27-22-17-20(18)28-23(34-24(31)32)29-21(17)30-9-5-1-2-7-14(30)12-33-22/h3-4,6,8,10-11,14,24,31-32H,1-2,5,7,9,12H2. The van der Waals surface area contributed by atoms with Crippen molar-refractivity contribution in [3.8, 4) is 23.1 Å². The zero-order valence-electron chi connectivity index (χ0n) is 18.2. The van der Waals surface area contributed by atoms with Crippen LogP contribution < -0.4 is 14.4 Å². The van der Waals surface area contributed by atoms with Gasteiger partial charge in [0.1, 0.15) is 29.0 Å². The number of anilines is 1. The number of ether oxygens (including phenoxy) is 2. The van der Waals surface area contributed by atoms with Crippen molar-refractivity contribution in [2.75, 3.05) is 18.1 Å². The van der Waals surface area contributed by atoms with Gasteiger partial charge in [-0.3, -0.25) is 4.98 Å². The Labute approximate surface area is 193 Å². The number of fused-ring (bicyclic) bond motifs is 3. The summed E-state index contributed by atoms with van der Waals surface area (Å²) < 4.78 is 27.2. The molecule has 0 bridgehead atoms. The molecule has 6 rings (SSSR count). The van der Waals surface area contributed by atoms with Gasteiger partial charge < -0.3 is 24.6 Å². The number of aromatic nitrogens is 4. The monoisotopic (exact) mass is 463 g/mol. The van der Waals surface area contributed by atoms with E-state index < -0.39 is 12.3 Å². The van der Waals surface area contributed by atoms with Crippen LogP contribution in [0.4, 0.5) is 10.2 Å². The molecular formula is C24H22FN5O4. The topological polar surface area (TPSA) is 114 Å².